The van der Waals surface area contributed by atoms with Crippen LogP contribution in [0.1, 0.15) is 43.6 Å². The highest BCUT2D eigenvalue weighted by atomic mass is 19.1. The van der Waals surface area contributed by atoms with E-state index in [1.54, 1.807) is 18.3 Å². The number of nitrogens with zero attached hydrogens (tertiary/aromatic N) is 2. The molecular weight excluding hydrogens is 336 g/mol. The maximum Gasteiger partial charge on any atom is 0.496 e. The number of aromatic nitrogens is 2. The number of halogens is 1. The maximum absolute atomic E-state index is 13.5. The lowest BCUT2D eigenvalue weighted by Crippen LogP contribution is -2.41. The predicted octanol–water partition coefficient (Wildman–Crippen LogP) is 2.48. The summed E-state index contributed by atoms with van der Waals surface area (Å²) in [7, 11) is -0.521. The quantitative estimate of drug-likeness (QED) is 0.855. The molecule has 0 radical (unpaired) electrons. The minimum absolute atomic E-state index is 0.168. The molecule has 26 heavy (non-hydrogen) atoms. The molecule has 136 valence electrons. The molecule has 0 unspecified atom stereocenters. The second-order valence-electron chi connectivity index (χ2n) is 7.31. The van der Waals surface area contributed by atoms with Crippen molar-refractivity contribution in [2.45, 2.75) is 45.8 Å². The molecule has 0 saturated carbocycles. The first kappa shape index (κ1) is 18.5. The molecule has 1 N–H and O–H groups in total. The Labute approximate surface area is 152 Å². The highest BCUT2D eigenvalue weighted by molar-refractivity contribution is 6.62. The molecule has 0 aliphatic carbocycles. The predicted molar refractivity (Wildman–Crippen MR) is 96.8 cm³/mol. The van der Waals surface area contributed by atoms with E-state index in [2.05, 4.69) is 15.3 Å². The van der Waals surface area contributed by atoms with Crippen LogP contribution in [0, 0.1) is 12.7 Å². The second kappa shape index (κ2) is 6.44. The van der Waals surface area contributed by atoms with Gasteiger partial charge in [0.2, 0.25) is 0 Å². The van der Waals surface area contributed by atoms with Gasteiger partial charge in [-0.15, -0.1) is 0 Å². The molecule has 3 heterocycles. The van der Waals surface area contributed by atoms with Crippen LogP contribution in [0.3, 0.4) is 0 Å². The summed E-state index contributed by atoms with van der Waals surface area (Å²) >= 11 is 0. The fourth-order valence-electron chi connectivity index (χ4n) is 2.51. The average Bonchev–Trinajstić information content (AvgIpc) is 2.78. The Kier molecular flexibility index (Phi) is 4.58. The number of anilines is 1. The third-order valence-electron chi connectivity index (χ3n) is 4.95. The lowest BCUT2D eigenvalue weighted by molar-refractivity contribution is 0.00578. The van der Waals surface area contributed by atoms with E-state index in [4.69, 9.17) is 9.31 Å². The zero-order valence-corrected chi connectivity index (χ0v) is 15.5. The lowest BCUT2D eigenvalue weighted by Gasteiger charge is -2.32. The number of nitrogens with one attached hydrogen (secondary N) is 1. The van der Waals surface area contributed by atoms with E-state index < -0.39 is 30.0 Å². The van der Waals surface area contributed by atoms with E-state index in [0.29, 0.717) is 5.82 Å². The summed E-state index contributed by atoms with van der Waals surface area (Å²) in [5, 5.41) is 2.64. The van der Waals surface area contributed by atoms with Crippen molar-refractivity contribution in [2.24, 2.45) is 0 Å². The molecule has 6 nitrogen and oxygen atoms in total. The van der Waals surface area contributed by atoms with Gasteiger partial charge in [0.15, 0.2) is 0 Å². The highest BCUT2D eigenvalue weighted by Gasteiger charge is 2.51. The Morgan fingerprint density at radius 3 is 2.35 bits per heavy atom. The molecule has 3 rings (SSSR count). The van der Waals surface area contributed by atoms with Crippen LogP contribution >= 0.6 is 0 Å². The van der Waals surface area contributed by atoms with Crippen molar-refractivity contribution >= 4 is 24.3 Å². The number of rotatable bonds is 3. The topological polar surface area (TPSA) is 73.3 Å². The van der Waals surface area contributed by atoms with Gasteiger partial charge in [0.1, 0.15) is 11.6 Å². The molecule has 1 amide bonds. The van der Waals surface area contributed by atoms with Gasteiger partial charge in [0, 0.05) is 23.4 Å². The van der Waals surface area contributed by atoms with Crippen molar-refractivity contribution in [1.29, 1.82) is 0 Å². The monoisotopic (exact) mass is 357 g/mol. The van der Waals surface area contributed by atoms with Gasteiger partial charge in [0.25, 0.3) is 5.91 Å². The molecule has 1 fully saturated rings. The van der Waals surface area contributed by atoms with E-state index in [-0.39, 0.29) is 11.1 Å². The summed E-state index contributed by atoms with van der Waals surface area (Å²) in [6.45, 7) is 9.43. The van der Waals surface area contributed by atoms with E-state index in [1.165, 1.54) is 13.1 Å². The fraction of sp³-hybridized carbons (Fsp3) is 0.389. The number of amides is 1. The van der Waals surface area contributed by atoms with Crippen molar-refractivity contribution in [3.63, 3.8) is 0 Å². The van der Waals surface area contributed by atoms with Gasteiger partial charge in [0.05, 0.1) is 23.0 Å². The number of hydrogen-bond donors (Lipinski definition) is 1. The minimum Gasteiger partial charge on any atom is -0.399 e. The summed E-state index contributed by atoms with van der Waals surface area (Å²) in [6, 6.07) is 3.43. The average molecular weight is 357 g/mol. The molecule has 2 aromatic rings. The van der Waals surface area contributed by atoms with Gasteiger partial charge in [-0.25, -0.2) is 9.37 Å². The van der Waals surface area contributed by atoms with E-state index in [0.717, 1.165) is 11.7 Å². The normalized spacial score (nSPS) is 18.0. The second-order valence-corrected chi connectivity index (χ2v) is 7.31. The first-order valence-electron chi connectivity index (χ1n) is 8.34. The molecule has 2 aromatic heterocycles. The number of pyridine rings is 2. The van der Waals surface area contributed by atoms with Gasteiger partial charge in [-0.1, -0.05) is 6.07 Å². The Morgan fingerprint density at radius 1 is 1.12 bits per heavy atom. The zero-order chi connectivity index (χ0) is 19.1. The summed E-state index contributed by atoms with van der Waals surface area (Å²) in [4.78, 5) is 20.2. The Bertz CT molecular complexity index is 824. The van der Waals surface area contributed by atoms with Crippen molar-refractivity contribution in [2.75, 3.05) is 5.32 Å². The lowest BCUT2D eigenvalue weighted by atomic mass is 9.80. The van der Waals surface area contributed by atoms with E-state index in [1.807, 2.05) is 27.7 Å². The van der Waals surface area contributed by atoms with Crippen LogP contribution in [0.4, 0.5) is 10.2 Å². The van der Waals surface area contributed by atoms with Crippen molar-refractivity contribution < 1.29 is 18.5 Å². The molecule has 0 atom stereocenters. The van der Waals surface area contributed by atoms with Crippen LogP contribution < -0.4 is 10.8 Å². The Morgan fingerprint density at radius 2 is 1.77 bits per heavy atom. The summed E-state index contributed by atoms with van der Waals surface area (Å²) in [6.07, 6.45) is 3.99. The summed E-state index contributed by atoms with van der Waals surface area (Å²) < 4.78 is 25.5. The highest BCUT2D eigenvalue weighted by Crippen LogP contribution is 2.36. The molecule has 0 bridgehead atoms. The van der Waals surface area contributed by atoms with Crippen LogP contribution in [0.2, 0.25) is 0 Å². The number of carbonyl (C=O) groups is 1. The third-order valence-corrected chi connectivity index (χ3v) is 4.95. The maximum atomic E-state index is 13.5. The van der Waals surface area contributed by atoms with Crippen molar-refractivity contribution in [3.8, 4) is 0 Å². The summed E-state index contributed by atoms with van der Waals surface area (Å²) in [5.41, 5.74) is 0.289. The van der Waals surface area contributed by atoms with Crippen LogP contribution in [-0.4, -0.2) is 34.2 Å². The molecule has 1 aliphatic rings. The number of carbonyl (C=O) groups excluding carboxylic acids is 1. The Hall–Kier alpha value is -2.32. The van der Waals surface area contributed by atoms with E-state index in [9.17, 15) is 9.18 Å². The Balaban J connectivity index is 1.73. The van der Waals surface area contributed by atoms with Crippen LogP contribution in [0.5, 0.6) is 0 Å². The molecular formula is C18H21BFN3O3. The molecule has 1 aliphatic heterocycles. The smallest absolute Gasteiger partial charge is 0.399 e. The van der Waals surface area contributed by atoms with Crippen LogP contribution in [0.25, 0.3) is 0 Å². The van der Waals surface area contributed by atoms with Gasteiger partial charge in [-0.3, -0.25) is 9.78 Å². The standard InChI is InChI=1S/C18H21BFN3O3/c1-11-13(9-21-10-14(11)20)16(24)23-15-7-6-12(8-22-15)19-25-17(2,3)18(4,5)26-19/h6-10H,1-5H3,(H,22,23,24). The molecule has 0 spiro atoms. The van der Waals surface area contributed by atoms with Crippen LogP contribution in [0.15, 0.2) is 30.7 Å². The van der Waals surface area contributed by atoms with Crippen LogP contribution in [-0.2, 0) is 9.31 Å². The SMILES string of the molecule is Cc1c(F)cncc1C(=O)Nc1ccc(B2OC(C)(C)C(C)(C)O2)cn1. The van der Waals surface area contributed by atoms with E-state index >= 15 is 0 Å². The van der Waals surface area contributed by atoms with Gasteiger partial charge in [-0.05, 0) is 40.7 Å². The fourth-order valence-corrected chi connectivity index (χ4v) is 2.51. The van der Waals surface area contributed by atoms with Gasteiger partial charge in [-0.2, -0.15) is 0 Å². The third kappa shape index (κ3) is 3.34. The largest absolute Gasteiger partial charge is 0.496 e. The van der Waals surface area contributed by atoms with Gasteiger partial charge >= 0.3 is 7.12 Å². The molecule has 0 aromatic carbocycles. The van der Waals surface area contributed by atoms with Crippen molar-refractivity contribution in [3.05, 3.63) is 47.7 Å². The first-order valence-corrected chi connectivity index (χ1v) is 8.34. The van der Waals surface area contributed by atoms with Gasteiger partial charge < -0.3 is 14.6 Å². The number of hydrogen-bond acceptors (Lipinski definition) is 5. The first-order chi connectivity index (χ1) is 12.1. The molecule has 1 saturated heterocycles. The van der Waals surface area contributed by atoms with Crippen molar-refractivity contribution in [1.82, 2.24) is 9.97 Å². The zero-order valence-electron chi connectivity index (χ0n) is 15.5. The minimum atomic E-state index is -0.526. The molecule has 8 heteroatoms. The summed E-state index contributed by atoms with van der Waals surface area (Å²) in [5.74, 6) is -0.647.